The van der Waals surface area contributed by atoms with Crippen molar-refractivity contribution in [3.05, 3.63) is 69.7 Å². The summed E-state index contributed by atoms with van der Waals surface area (Å²) in [5.74, 6) is -0.470. The van der Waals surface area contributed by atoms with Gasteiger partial charge in [0, 0.05) is 27.7 Å². The summed E-state index contributed by atoms with van der Waals surface area (Å²) in [5.41, 5.74) is 2.18. The molecule has 0 N–H and O–H groups in total. The zero-order valence-electron chi connectivity index (χ0n) is 14.6. The lowest BCUT2D eigenvalue weighted by atomic mass is 10.0. The van der Waals surface area contributed by atoms with E-state index in [1.165, 1.54) is 0 Å². The van der Waals surface area contributed by atoms with Gasteiger partial charge in [-0.3, -0.25) is 0 Å². The van der Waals surface area contributed by atoms with Gasteiger partial charge in [-0.1, -0.05) is 52.6 Å². The maximum absolute atomic E-state index is 11.7. The molecule has 0 spiro atoms. The molecule has 26 heavy (non-hydrogen) atoms. The molecule has 5 nitrogen and oxygen atoms in total. The Bertz CT molecular complexity index is 697. The molecule has 2 aromatic rings. The van der Waals surface area contributed by atoms with Crippen molar-refractivity contribution in [2.45, 2.75) is 0 Å². The summed E-state index contributed by atoms with van der Waals surface area (Å²) in [6, 6.07) is 14.4. The lowest BCUT2D eigenvalue weighted by molar-refractivity contribution is -0.149. The van der Waals surface area contributed by atoms with E-state index in [9.17, 15) is 4.79 Å². The third-order valence-electron chi connectivity index (χ3n) is 3.38. The van der Waals surface area contributed by atoms with Gasteiger partial charge < -0.3 is 14.5 Å². The highest BCUT2D eigenvalue weighted by Gasteiger charge is 2.10. The van der Waals surface area contributed by atoms with Crippen molar-refractivity contribution >= 4 is 34.9 Å². The minimum atomic E-state index is -0.470. The molecule has 0 radical (unpaired) electrons. The molecule has 0 atom stereocenters. The Hall–Kier alpha value is -2.08. The molecule has 0 fully saturated rings. The fourth-order valence-corrected chi connectivity index (χ4v) is 2.27. The van der Waals surface area contributed by atoms with Crippen LogP contribution in [0.3, 0.4) is 0 Å². The van der Waals surface area contributed by atoms with Crippen LogP contribution in [0.4, 0.5) is 0 Å². The molecule has 138 valence electrons. The van der Waals surface area contributed by atoms with E-state index in [1.54, 1.807) is 24.3 Å². The summed E-state index contributed by atoms with van der Waals surface area (Å²) in [7, 11) is 3.80. The number of rotatable bonds is 8. The second-order valence-corrected chi connectivity index (χ2v) is 6.62. The topological polar surface area (TPSA) is 51.1 Å². The summed E-state index contributed by atoms with van der Waals surface area (Å²) >= 11 is 11.9. The van der Waals surface area contributed by atoms with Crippen LogP contribution < -0.4 is 0 Å². The summed E-state index contributed by atoms with van der Waals surface area (Å²) in [5, 5.41) is 5.37. The van der Waals surface area contributed by atoms with Crippen LogP contribution in [-0.4, -0.2) is 50.4 Å². The van der Waals surface area contributed by atoms with Crippen molar-refractivity contribution in [3.8, 4) is 0 Å². The van der Waals surface area contributed by atoms with Gasteiger partial charge in [-0.05, 0) is 38.4 Å². The standard InChI is InChI=1S/C19H20Cl2N2O3/c1-23(2)11-12-25-18(24)13-26-22-19(14-3-7-16(20)8-4-14)15-5-9-17(21)10-6-15/h3-10H,11-13H2,1-2H3. The molecule has 0 aliphatic carbocycles. The van der Waals surface area contributed by atoms with E-state index in [0.717, 1.165) is 11.1 Å². The highest BCUT2D eigenvalue weighted by atomic mass is 35.5. The number of oxime groups is 1. The molecule has 0 amide bonds. The van der Waals surface area contributed by atoms with Crippen LogP contribution in [0.25, 0.3) is 0 Å². The fourth-order valence-electron chi connectivity index (χ4n) is 2.02. The number of carbonyl (C=O) groups excluding carboxylic acids is 1. The molecule has 0 heterocycles. The average molecular weight is 395 g/mol. The fraction of sp³-hybridized carbons (Fsp3) is 0.263. The van der Waals surface area contributed by atoms with E-state index < -0.39 is 5.97 Å². The van der Waals surface area contributed by atoms with Gasteiger partial charge in [-0.15, -0.1) is 0 Å². The molecular weight excluding hydrogens is 375 g/mol. The first-order valence-electron chi connectivity index (χ1n) is 7.98. The molecule has 0 aromatic heterocycles. The second kappa shape index (κ2) is 10.2. The van der Waals surface area contributed by atoms with Crippen molar-refractivity contribution in [1.82, 2.24) is 4.90 Å². The number of halogens is 2. The number of benzene rings is 2. The van der Waals surface area contributed by atoms with Crippen LogP contribution in [0.1, 0.15) is 11.1 Å². The molecule has 0 aliphatic rings. The van der Waals surface area contributed by atoms with Crippen LogP contribution >= 0.6 is 23.2 Å². The Labute approximate surface area is 163 Å². The molecule has 0 saturated heterocycles. The first-order chi connectivity index (χ1) is 12.5. The van der Waals surface area contributed by atoms with E-state index in [4.69, 9.17) is 32.8 Å². The lowest BCUT2D eigenvalue weighted by Gasteiger charge is -2.10. The van der Waals surface area contributed by atoms with Gasteiger partial charge in [-0.25, -0.2) is 4.79 Å². The molecule has 0 unspecified atom stereocenters. The van der Waals surface area contributed by atoms with E-state index in [1.807, 2.05) is 43.3 Å². The van der Waals surface area contributed by atoms with Crippen molar-refractivity contribution in [1.29, 1.82) is 0 Å². The van der Waals surface area contributed by atoms with Crippen LogP contribution in [0, 0.1) is 0 Å². The smallest absolute Gasteiger partial charge is 0.347 e. The minimum absolute atomic E-state index is 0.266. The summed E-state index contributed by atoms with van der Waals surface area (Å²) in [6.45, 7) is 0.689. The van der Waals surface area contributed by atoms with Crippen LogP contribution in [-0.2, 0) is 14.4 Å². The number of ether oxygens (including phenoxy) is 1. The predicted molar refractivity (Wildman–Crippen MR) is 104 cm³/mol. The number of esters is 1. The number of likely N-dealkylation sites (N-methyl/N-ethyl adjacent to an activating group) is 1. The molecular formula is C19H20Cl2N2O3. The van der Waals surface area contributed by atoms with Crippen molar-refractivity contribution in [2.24, 2.45) is 5.16 Å². The summed E-state index contributed by atoms with van der Waals surface area (Å²) in [4.78, 5) is 18.8. The lowest BCUT2D eigenvalue weighted by Crippen LogP contribution is -2.21. The van der Waals surface area contributed by atoms with Gasteiger partial charge in [0.2, 0.25) is 6.61 Å². The maximum atomic E-state index is 11.7. The second-order valence-electron chi connectivity index (χ2n) is 5.75. The van der Waals surface area contributed by atoms with Crippen LogP contribution in [0.2, 0.25) is 10.0 Å². The SMILES string of the molecule is CN(C)CCOC(=O)CON=C(c1ccc(Cl)cc1)c1ccc(Cl)cc1. The zero-order valence-corrected chi connectivity index (χ0v) is 16.1. The largest absolute Gasteiger partial charge is 0.462 e. The Morgan fingerprint density at radius 3 is 1.92 bits per heavy atom. The van der Waals surface area contributed by atoms with Gasteiger partial charge in [-0.2, -0.15) is 0 Å². The molecule has 2 rings (SSSR count). The molecule has 7 heteroatoms. The van der Waals surface area contributed by atoms with Crippen molar-refractivity contribution in [3.63, 3.8) is 0 Å². The third-order valence-corrected chi connectivity index (χ3v) is 3.88. The Kier molecular flexibility index (Phi) is 7.91. The number of hydrogen-bond acceptors (Lipinski definition) is 5. The minimum Gasteiger partial charge on any atom is -0.462 e. The molecule has 2 aromatic carbocycles. The Morgan fingerprint density at radius 1 is 0.962 bits per heavy atom. The van der Waals surface area contributed by atoms with Crippen LogP contribution in [0.5, 0.6) is 0 Å². The van der Waals surface area contributed by atoms with E-state index in [-0.39, 0.29) is 6.61 Å². The van der Waals surface area contributed by atoms with Crippen LogP contribution in [0.15, 0.2) is 53.7 Å². The summed E-state index contributed by atoms with van der Waals surface area (Å²) < 4.78 is 5.07. The maximum Gasteiger partial charge on any atom is 0.347 e. The highest BCUT2D eigenvalue weighted by molar-refractivity contribution is 6.31. The van der Waals surface area contributed by atoms with E-state index in [0.29, 0.717) is 28.9 Å². The molecule has 0 bridgehead atoms. The molecule has 0 aliphatic heterocycles. The number of carbonyl (C=O) groups is 1. The van der Waals surface area contributed by atoms with Gasteiger partial charge in [0.05, 0.1) is 0 Å². The van der Waals surface area contributed by atoms with Crippen molar-refractivity contribution < 1.29 is 14.4 Å². The third kappa shape index (κ3) is 6.67. The number of nitrogens with zero attached hydrogens (tertiary/aromatic N) is 2. The normalized spacial score (nSPS) is 10.5. The Morgan fingerprint density at radius 2 is 1.46 bits per heavy atom. The average Bonchev–Trinajstić information content (AvgIpc) is 2.60. The predicted octanol–water partition coefficient (Wildman–Crippen LogP) is 3.87. The quantitative estimate of drug-likeness (QED) is 0.387. The first kappa shape index (κ1) is 20.2. The zero-order chi connectivity index (χ0) is 18.9. The summed E-state index contributed by atoms with van der Waals surface area (Å²) in [6.07, 6.45) is 0. The van der Waals surface area contributed by atoms with Gasteiger partial charge >= 0.3 is 5.97 Å². The van der Waals surface area contributed by atoms with Gasteiger partial charge in [0.1, 0.15) is 12.3 Å². The van der Waals surface area contributed by atoms with Crippen molar-refractivity contribution in [2.75, 3.05) is 33.9 Å². The highest BCUT2D eigenvalue weighted by Crippen LogP contribution is 2.17. The number of hydrogen-bond donors (Lipinski definition) is 0. The Balaban J connectivity index is 2.08. The van der Waals surface area contributed by atoms with Gasteiger partial charge in [0.15, 0.2) is 0 Å². The monoisotopic (exact) mass is 394 g/mol. The molecule has 0 saturated carbocycles. The van der Waals surface area contributed by atoms with E-state index in [2.05, 4.69) is 5.16 Å². The first-order valence-corrected chi connectivity index (χ1v) is 8.73. The van der Waals surface area contributed by atoms with E-state index >= 15 is 0 Å². The van der Waals surface area contributed by atoms with Gasteiger partial charge in [0.25, 0.3) is 0 Å².